The number of benzene rings is 1. The van der Waals surface area contributed by atoms with Gasteiger partial charge in [0.1, 0.15) is 11.9 Å². The smallest absolute Gasteiger partial charge is 0.159 e. The Bertz CT molecular complexity index is 1600. The van der Waals surface area contributed by atoms with Gasteiger partial charge < -0.3 is 19.8 Å². The minimum Gasteiger partial charge on any atom is -0.512 e. The van der Waals surface area contributed by atoms with Crippen molar-refractivity contribution in [2.75, 3.05) is 13.6 Å². The van der Waals surface area contributed by atoms with Crippen molar-refractivity contribution in [3.8, 4) is 5.75 Å². The molecule has 52 heavy (non-hydrogen) atoms. The number of aromatic hydroxyl groups is 1. The van der Waals surface area contributed by atoms with E-state index in [-0.39, 0.29) is 44.9 Å². The molecule has 0 heterocycles. The van der Waals surface area contributed by atoms with E-state index in [9.17, 15) is 15.0 Å². The number of ketones is 1. The Morgan fingerprint density at radius 2 is 1.52 bits per heavy atom. The van der Waals surface area contributed by atoms with Crippen LogP contribution in [0.3, 0.4) is 0 Å². The fourth-order valence-corrected chi connectivity index (χ4v) is 13.8. The predicted octanol–water partition coefficient (Wildman–Crippen LogP) is 11.6. The lowest BCUT2D eigenvalue weighted by molar-refractivity contribution is -0.217. The highest BCUT2D eigenvalue weighted by atomic mass is 16.5. The van der Waals surface area contributed by atoms with E-state index in [0.29, 0.717) is 42.1 Å². The summed E-state index contributed by atoms with van der Waals surface area (Å²) in [5.41, 5.74) is 4.00. The van der Waals surface area contributed by atoms with Crippen molar-refractivity contribution in [3.63, 3.8) is 0 Å². The maximum atomic E-state index is 14.1. The standard InChI is InChI=1S/C47H71NO4/c1-30(2)40-35(51)28-47(25-26-48(12)29-33-13-15-34(50)16-14-33)24-19-38-45(10)21-17-36-43(7,8)39(52-31(3)27-42(5,6)32(4)49)20-23-44(36,9)37(45)18-22-46(38,11)41(40)47/h13-16,30,36-39,49-50H,3-4,17-29H2,1-2,5-12H3. The van der Waals surface area contributed by atoms with Crippen molar-refractivity contribution in [1.29, 1.82) is 0 Å². The summed E-state index contributed by atoms with van der Waals surface area (Å²) in [4.78, 5) is 16.5. The number of phenols is 1. The number of hydrogen-bond donors (Lipinski definition) is 2. The summed E-state index contributed by atoms with van der Waals surface area (Å²) in [5.74, 6) is 3.72. The Morgan fingerprint density at radius 1 is 0.923 bits per heavy atom. The molecule has 0 aromatic heterocycles. The molecule has 0 radical (unpaired) electrons. The van der Waals surface area contributed by atoms with Crippen LogP contribution in [0.1, 0.15) is 139 Å². The molecule has 288 valence electrons. The highest BCUT2D eigenvalue weighted by Gasteiger charge is 2.69. The first-order valence-electron chi connectivity index (χ1n) is 20.6. The fraction of sp³-hybridized carbons (Fsp3) is 0.723. The first-order valence-corrected chi connectivity index (χ1v) is 20.6. The summed E-state index contributed by atoms with van der Waals surface area (Å²) >= 11 is 0. The number of hydrogen-bond acceptors (Lipinski definition) is 5. The number of phenolic OH excluding ortho intramolecular Hbond substituents is 1. The summed E-state index contributed by atoms with van der Waals surface area (Å²) in [7, 11) is 2.20. The van der Waals surface area contributed by atoms with E-state index in [0.717, 1.165) is 38.1 Å². The lowest BCUT2D eigenvalue weighted by atomic mass is 9.34. The molecule has 0 bridgehead atoms. The number of aliphatic hydroxyl groups is 1. The van der Waals surface area contributed by atoms with Gasteiger partial charge in [-0.15, -0.1) is 0 Å². The highest BCUT2D eigenvalue weighted by Crippen LogP contribution is 2.76. The van der Waals surface area contributed by atoms with Crippen LogP contribution in [0.4, 0.5) is 0 Å². The summed E-state index contributed by atoms with van der Waals surface area (Å²) < 4.78 is 6.73. The number of ether oxygens (including phenoxy) is 1. The normalized spacial score (nSPS) is 37.0. The number of aliphatic hydroxyl groups excluding tert-OH is 1. The summed E-state index contributed by atoms with van der Waals surface area (Å²) in [5, 5.41) is 19.9. The third-order valence-electron chi connectivity index (χ3n) is 16.3. The molecule has 5 heteroatoms. The van der Waals surface area contributed by atoms with Gasteiger partial charge >= 0.3 is 0 Å². The number of fused-ring (bicyclic) bond motifs is 7. The SMILES string of the molecule is C=C(CC(C)(C)C(=C)O)OC1CCC2(C)C(CCC3(C)C4CCC5(CCN(C)Cc6ccc(O)cc6)CC(=O)C(C(C)C)=C5C4(C)CCC32)C1(C)C. The molecule has 4 fully saturated rings. The zero-order chi connectivity index (χ0) is 38.2. The summed E-state index contributed by atoms with van der Waals surface area (Å²) in [6.07, 6.45) is 11.8. The fourth-order valence-electron chi connectivity index (χ4n) is 13.8. The van der Waals surface area contributed by atoms with Gasteiger partial charge in [0.25, 0.3) is 0 Å². The van der Waals surface area contributed by atoms with Gasteiger partial charge in [0, 0.05) is 35.6 Å². The predicted molar refractivity (Wildman–Crippen MR) is 213 cm³/mol. The zero-order valence-electron chi connectivity index (χ0n) is 34.5. The van der Waals surface area contributed by atoms with E-state index < -0.39 is 5.41 Å². The van der Waals surface area contributed by atoms with Crippen molar-refractivity contribution in [3.05, 3.63) is 65.7 Å². The molecular weight excluding hydrogens is 643 g/mol. The average Bonchev–Trinajstić information content (AvgIpc) is 3.35. The lowest BCUT2D eigenvalue weighted by Crippen LogP contribution is -2.64. The number of carbonyl (C=O) groups is 1. The molecule has 5 aliphatic carbocycles. The summed E-state index contributed by atoms with van der Waals surface area (Å²) in [6, 6.07) is 7.58. The zero-order valence-corrected chi connectivity index (χ0v) is 34.5. The summed E-state index contributed by atoms with van der Waals surface area (Å²) in [6.45, 7) is 31.3. The van der Waals surface area contributed by atoms with Gasteiger partial charge in [0.2, 0.25) is 0 Å². The van der Waals surface area contributed by atoms with E-state index in [2.05, 4.69) is 73.6 Å². The third-order valence-corrected chi connectivity index (χ3v) is 16.3. The van der Waals surface area contributed by atoms with Crippen LogP contribution in [0.5, 0.6) is 5.75 Å². The molecule has 0 saturated heterocycles. The number of Topliss-reactive ketones (excluding diaryl/α,β-unsaturated/α-hetero) is 1. The van der Waals surface area contributed by atoms with Crippen molar-refractivity contribution in [1.82, 2.24) is 4.90 Å². The minimum absolute atomic E-state index is 0.0114. The van der Waals surface area contributed by atoms with Crippen molar-refractivity contribution in [2.45, 2.75) is 146 Å². The van der Waals surface area contributed by atoms with Gasteiger partial charge in [0.05, 0.1) is 11.5 Å². The van der Waals surface area contributed by atoms with Crippen LogP contribution in [0, 0.1) is 56.2 Å². The van der Waals surface area contributed by atoms with E-state index in [1.807, 2.05) is 26.0 Å². The number of carbonyl (C=O) groups excluding carboxylic acids is 1. The van der Waals surface area contributed by atoms with Crippen molar-refractivity contribution >= 4 is 5.78 Å². The van der Waals surface area contributed by atoms with Gasteiger partial charge in [-0.1, -0.05) is 93.2 Å². The molecule has 0 amide bonds. The maximum Gasteiger partial charge on any atom is 0.159 e. The van der Waals surface area contributed by atoms with Crippen molar-refractivity contribution in [2.24, 2.45) is 56.2 Å². The van der Waals surface area contributed by atoms with E-state index >= 15 is 0 Å². The Morgan fingerprint density at radius 3 is 2.15 bits per heavy atom. The molecule has 1 aromatic carbocycles. The molecule has 0 aliphatic heterocycles. The Balaban J connectivity index is 1.25. The van der Waals surface area contributed by atoms with Crippen LogP contribution in [0.2, 0.25) is 0 Å². The first-order chi connectivity index (χ1) is 24.1. The Kier molecular flexibility index (Phi) is 10.1. The monoisotopic (exact) mass is 714 g/mol. The van der Waals surface area contributed by atoms with Crippen LogP contribution in [0.25, 0.3) is 0 Å². The number of nitrogens with zero attached hydrogens (tertiary/aromatic N) is 1. The van der Waals surface area contributed by atoms with Crippen LogP contribution < -0.4 is 0 Å². The van der Waals surface area contributed by atoms with Crippen LogP contribution >= 0.6 is 0 Å². The van der Waals surface area contributed by atoms with Gasteiger partial charge in [-0.05, 0) is 135 Å². The molecule has 5 aliphatic rings. The quantitative estimate of drug-likeness (QED) is 0.223. The van der Waals surface area contributed by atoms with Crippen LogP contribution in [0.15, 0.2) is 60.1 Å². The molecule has 5 nitrogen and oxygen atoms in total. The van der Waals surface area contributed by atoms with Gasteiger partial charge in [-0.2, -0.15) is 0 Å². The third kappa shape index (κ3) is 6.31. The van der Waals surface area contributed by atoms with Crippen molar-refractivity contribution < 1.29 is 19.7 Å². The minimum atomic E-state index is -0.456. The van der Waals surface area contributed by atoms with E-state index in [1.165, 1.54) is 49.7 Å². The Labute approximate surface area is 316 Å². The van der Waals surface area contributed by atoms with Gasteiger partial charge in [-0.25, -0.2) is 0 Å². The Hall–Kier alpha value is -2.53. The van der Waals surface area contributed by atoms with Crippen LogP contribution in [-0.4, -0.2) is 40.6 Å². The first kappa shape index (κ1) is 39.2. The topological polar surface area (TPSA) is 70.0 Å². The molecule has 6 rings (SSSR count). The highest BCUT2D eigenvalue weighted by molar-refractivity contribution is 6.00. The molecule has 1 aromatic rings. The number of allylic oxidation sites excluding steroid dienone is 4. The number of rotatable bonds is 11. The molecule has 4 saturated carbocycles. The molecule has 0 spiro atoms. The average molecular weight is 714 g/mol. The maximum absolute atomic E-state index is 14.1. The molecular formula is C47H71NO4. The van der Waals surface area contributed by atoms with E-state index in [1.54, 1.807) is 17.7 Å². The second-order valence-corrected chi connectivity index (χ2v) is 20.7. The van der Waals surface area contributed by atoms with Gasteiger partial charge in [0.15, 0.2) is 5.78 Å². The lowest BCUT2D eigenvalue weighted by Gasteiger charge is -2.71. The van der Waals surface area contributed by atoms with Crippen LogP contribution in [-0.2, 0) is 16.1 Å². The second kappa shape index (κ2) is 13.3. The largest absolute Gasteiger partial charge is 0.512 e. The second-order valence-electron chi connectivity index (χ2n) is 20.7. The van der Waals surface area contributed by atoms with Gasteiger partial charge in [-0.3, -0.25) is 4.79 Å². The molecule has 2 N–H and O–H groups in total. The molecule has 8 unspecified atom stereocenters. The van der Waals surface area contributed by atoms with E-state index in [4.69, 9.17) is 4.74 Å². The molecule has 8 atom stereocenters.